The SMILES string of the molecule is O=C(CCCCCN1C(=O)CSC1=S)Nc1ccc(F)c([N+](=O)[O-])c1. The zero-order chi connectivity index (χ0) is 18.4. The average molecular weight is 385 g/mol. The van der Waals surface area contributed by atoms with E-state index >= 15 is 0 Å². The van der Waals surface area contributed by atoms with Gasteiger partial charge in [-0.05, 0) is 25.0 Å². The molecule has 1 N–H and O–H groups in total. The van der Waals surface area contributed by atoms with Crippen LogP contribution in [-0.4, -0.2) is 38.3 Å². The van der Waals surface area contributed by atoms with Gasteiger partial charge in [0.05, 0.1) is 10.7 Å². The maximum Gasteiger partial charge on any atom is 0.306 e. The molecule has 1 saturated heterocycles. The van der Waals surface area contributed by atoms with E-state index in [4.69, 9.17) is 12.2 Å². The zero-order valence-corrected chi connectivity index (χ0v) is 14.8. The number of unbranched alkanes of at least 4 members (excludes halogenated alkanes) is 2. The fraction of sp³-hybridized carbons (Fsp3) is 0.400. The van der Waals surface area contributed by atoms with Crippen molar-refractivity contribution in [1.82, 2.24) is 4.90 Å². The molecule has 2 amide bonds. The molecule has 25 heavy (non-hydrogen) atoms. The lowest BCUT2D eigenvalue weighted by Crippen LogP contribution is -2.29. The van der Waals surface area contributed by atoms with Gasteiger partial charge >= 0.3 is 5.69 Å². The van der Waals surface area contributed by atoms with Crippen molar-refractivity contribution in [3.63, 3.8) is 0 Å². The molecule has 0 spiro atoms. The van der Waals surface area contributed by atoms with Crippen LogP contribution in [0, 0.1) is 15.9 Å². The van der Waals surface area contributed by atoms with Crippen LogP contribution in [0.15, 0.2) is 18.2 Å². The first-order chi connectivity index (χ1) is 11.9. The van der Waals surface area contributed by atoms with Crippen molar-refractivity contribution in [2.75, 3.05) is 17.6 Å². The third-order valence-electron chi connectivity index (χ3n) is 3.55. The Morgan fingerprint density at radius 3 is 2.80 bits per heavy atom. The van der Waals surface area contributed by atoms with Crippen LogP contribution in [0.2, 0.25) is 0 Å². The fourth-order valence-electron chi connectivity index (χ4n) is 2.28. The molecule has 1 heterocycles. The number of nitro groups is 1. The maximum absolute atomic E-state index is 13.2. The molecule has 0 bridgehead atoms. The lowest BCUT2D eigenvalue weighted by Gasteiger charge is -2.14. The highest BCUT2D eigenvalue weighted by Crippen LogP contribution is 2.22. The van der Waals surface area contributed by atoms with Crippen molar-refractivity contribution in [2.24, 2.45) is 0 Å². The molecule has 0 unspecified atom stereocenters. The fourth-order valence-corrected chi connectivity index (χ4v) is 3.40. The summed E-state index contributed by atoms with van der Waals surface area (Å²) in [6.45, 7) is 0.552. The number of carbonyl (C=O) groups excluding carboxylic acids is 2. The van der Waals surface area contributed by atoms with E-state index in [-0.39, 0.29) is 23.9 Å². The van der Waals surface area contributed by atoms with E-state index in [1.54, 1.807) is 4.90 Å². The normalized spacial score (nSPS) is 14.0. The molecule has 7 nitrogen and oxygen atoms in total. The molecule has 2 rings (SSSR count). The highest BCUT2D eigenvalue weighted by molar-refractivity contribution is 8.23. The number of rotatable bonds is 8. The van der Waals surface area contributed by atoms with Crippen LogP contribution < -0.4 is 5.32 Å². The van der Waals surface area contributed by atoms with E-state index in [1.165, 1.54) is 17.8 Å². The summed E-state index contributed by atoms with van der Waals surface area (Å²) < 4.78 is 13.8. The molecule has 1 aromatic carbocycles. The van der Waals surface area contributed by atoms with Gasteiger partial charge in [0.1, 0.15) is 4.32 Å². The number of nitrogens with zero attached hydrogens (tertiary/aromatic N) is 2. The number of benzene rings is 1. The molecule has 10 heteroatoms. The second-order valence-electron chi connectivity index (χ2n) is 5.38. The number of nitro benzene ring substituents is 1. The summed E-state index contributed by atoms with van der Waals surface area (Å²) in [5.74, 6) is -0.837. The molecule has 1 fully saturated rings. The summed E-state index contributed by atoms with van der Waals surface area (Å²) in [6, 6.07) is 3.21. The van der Waals surface area contributed by atoms with Crippen molar-refractivity contribution < 1.29 is 18.9 Å². The predicted octanol–water partition coefficient (Wildman–Crippen LogP) is 3.09. The predicted molar refractivity (Wildman–Crippen MR) is 96.9 cm³/mol. The average Bonchev–Trinajstić information content (AvgIpc) is 2.87. The molecular formula is C15H16FN3O4S2. The molecule has 134 valence electrons. The topological polar surface area (TPSA) is 92.6 Å². The van der Waals surface area contributed by atoms with Crippen molar-refractivity contribution >= 4 is 51.5 Å². The van der Waals surface area contributed by atoms with Crippen molar-refractivity contribution in [2.45, 2.75) is 25.7 Å². The number of anilines is 1. The summed E-state index contributed by atoms with van der Waals surface area (Å²) in [5, 5.41) is 13.2. The van der Waals surface area contributed by atoms with Crippen LogP contribution in [0.4, 0.5) is 15.8 Å². The third-order valence-corrected chi connectivity index (χ3v) is 4.99. The highest BCUT2D eigenvalue weighted by atomic mass is 32.2. The van der Waals surface area contributed by atoms with Crippen LogP contribution in [0.25, 0.3) is 0 Å². The van der Waals surface area contributed by atoms with Crippen LogP contribution in [-0.2, 0) is 9.59 Å². The molecule has 0 radical (unpaired) electrons. The standard InChI is InChI=1S/C15H16FN3O4S2/c16-11-6-5-10(8-12(11)19(22)23)17-13(20)4-2-1-3-7-18-14(21)9-25-15(18)24/h5-6,8H,1-4,7,9H2,(H,17,20). The number of thioether (sulfide) groups is 1. The molecule has 0 atom stereocenters. The first-order valence-corrected chi connectivity index (χ1v) is 8.99. The van der Waals surface area contributed by atoms with E-state index in [0.29, 0.717) is 23.0 Å². The molecular weight excluding hydrogens is 369 g/mol. The molecule has 0 aliphatic carbocycles. The summed E-state index contributed by atoms with van der Waals surface area (Å²) in [7, 11) is 0. The smallest absolute Gasteiger partial charge is 0.306 e. The number of thiocarbonyl (C=S) groups is 1. The number of amides is 2. The minimum absolute atomic E-state index is 0.0191. The Balaban J connectivity index is 1.71. The maximum atomic E-state index is 13.2. The summed E-state index contributed by atoms with van der Waals surface area (Å²) in [5.41, 5.74) is -0.495. The van der Waals surface area contributed by atoms with E-state index < -0.39 is 16.4 Å². The Morgan fingerprint density at radius 2 is 2.16 bits per heavy atom. The van der Waals surface area contributed by atoms with Gasteiger partial charge in [-0.1, -0.05) is 30.4 Å². The number of hydrogen-bond donors (Lipinski definition) is 1. The van der Waals surface area contributed by atoms with E-state index in [0.717, 1.165) is 25.0 Å². The molecule has 1 aliphatic heterocycles. The van der Waals surface area contributed by atoms with E-state index in [1.807, 2.05) is 0 Å². The number of carbonyl (C=O) groups is 2. The Hall–Kier alpha value is -2.07. The first-order valence-electron chi connectivity index (χ1n) is 7.59. The Labute approximate surface area is 153 Å². The van der Waals surface area contributed by atoms with Gasteiger partial charge in [0, 0.05) is 24.7 Å². The lowest BCUT2D eigenvalue weighted by molar-refractivity contribution is -0.387. The van der Waals surface area contributed by atoms with Crippen LogP contribution >= 0.6 is 24.0 Å². The minimum atomic E-state index is -0.949. The highest BCUT2D eigenvalue weighted by Gasteiger charge is 2.25. The lowest BCUT2D eigenvalue weighted by atomic mass is 10.1. The van der Waals surface area contributed by atoms with Gasteiger partial charge < -0.3 is 5.32 Å². The molecule has 1 aromatic rings. The van der Waals surface area contributed by atoms with Gasteiger partial charge in [0.15, 0.2) is 0 Å². The first kappa shape index (κ1) is 19.3. The van der Waals surface area contributed by atoms with Gasteiger partial charge in [-0.2, -0.15) is 4.39 Å². The number of hydrogen-bond acceptors (Lipinski definition) is 6. The van der Waals surface area contributed by atoms with Gasteiger partial charge in [-0.15, -0.1) is 0 Å². The van der Waals surface area contributed by atoms with Gasteiger partial charge in [-0.25, -0.2) is 0 Å². The van der Waals surface area contributed by atoms with Crippen LogP contribution in [0.3, 0.4) is 0 Å². The Bertz CT molecular complexity index is 698. The third kappa shape index (κ3) is 5.46. The van der Waals surface area contributed by atoms with Gasteiger partial charge in [-0.3, -0.25) is 24.6 Å². The van der Waals surface area contributed by atoms with E-state index in [9.17, 15) is 24.1 Å². The summed E-state index contributed by atoms with van der Waals surface area (Å²) >= 11 is 6.43. The van der Waals surface area contributed by atoms with Gasteiger partial charge in [0.25, 0.3) is 0 Å². The number of halogens is 1. The Morgan fingerprint density at radius 1 is 1.40 bits per heavy atom. The molecule has 0 aromatic heterocycles. The second kappa shape index (κ2) is 8.86. The van der Waals surface area contributed by atoms with Crippen LogP contribution in [0.1, 0.15) is 25.7 Å². The van der Waals surface area contributed by atoms with E-state index in [2.05, 4.69) is 5.32 Å². The molecule has 0 saturated carbocycles. The number of nitrogens with one attached hydrogen (secondary N) is 1. The minimum Gasteiger partial charge on any atom is -0.326 e. The van der Waals surface area contributed by atoms with Crippen molar-refractivity contribution in [3.8, 4) is 0 Å². The molecule has 1 aliphatic rings. The van der Waals surface area contributed by atoms with Gasteiger partial charge in [0.2, 0.25) is 17.6 Å². The summed E-state index contributed by atoms with van der Waals surface area (Å²) in [6.07, 6.45) is 2.32. The quantitative estimate of drug-likeness (QED) is 0.320. The van der Waals surface area contributed by atoms with Crippen LogP contribution in [0.5, 0.6) is 0 Å². The van der Waals surface area contributed by atoms with Crippen molar-refractivity contribution in [1.29, 1.82) is 0 Å². The largest absolute Gasteiger partial charge is 0.326 e. The second-order valence-corrected chi connectivity index (χ2v) is 6.99. The zero-order valence-electron chi connectivity index (χ0n) is 13.2. The monoisotopic (exact) mass is 385 g/mol. The Kier molecular flexibility index (Phi) is 6.82. The van der Waals surface area contributed by atoms with Crippen molar-refractivity contribution in [3.05, 3.63) is 34.1 Å². The summed E-state index contributed by atoms with van der Waals surface area (Å²) in [4.78, 5) is 34.8.